The van der Waals surface area contributed by atoms with Crippen LogP contribution in [0.5, 0.6) is 0 Å². The minimum absolute atomic E-state index is 0.0221. The Morgan fingerprint density at radius 2 is 2.00 bits per heavy atom. The summed E-state index contributed by atoms with van der Waals surface area (Å²) >= 11 is 12.2. The topological polar surface area (TPSA) is 68.4 Å². The number of halogens is 2. The average Bonchev–Trinajstić information content (AvgIpc) is 2.98. The van der Waals surface area contributed by atoms with E-state index >= 15 is 0 Å². The molecule has 2 unspecified atom stereocenters. The van der Waals surface area contributed by atoms with Crippen molar-refractivity contribution in [3.63, 3.8) is 0 Å². The number of nitrogens with zero attached hydrogens (tertiary/aromatic N) is 2. The maximum absolute atomic E-state index is 7.40. The number of likely N-dealkylation sites (tertiary alicyclic amines) is 1. The zero-order valence-corrected chi connectivity index (χ0v) is 17.2. The molecule has 0 saturated carbocycles. The van der Waals surface area contributed by atoms with E-state index in [4.69, 9.17) is 34.3 Å². The summed E-state index contributed by atoms with van der Waals surface area (Å²) in [6.45, 7) is 4.43. The van der Waals surface area contributed by atoms with E-state index in [-0.39, 0.29) is 5.96 Å². The van der Waals surface area contributed by atoms with Crippen molar-refractivity contribution in [2.45, 2.75) is 24.9 Å². The van der Waals surface area contributed by atoms with E-state index in [9.17, 15) is 0 Å². The van der Waals surface area contributed by atoms with Gasteiger partial charge in [0.25, 0.3) is 0 Å². The van der Waals surface area contributed by atoms with Crippen LogP contribution in [0.25, 0.3) is 0 Å². The molecule has 2 atom stereocenters. The maximum Gasteiger partial charge on any atom is 0.185 e. The SMILES string of the molecule is N=C(N)NCCN1c2ccccc2C2CCN(Cc3ccc(Cl)c(Cl)c3)CC21. The summed E-state index contributed by atoms with van der Waals surface area (Å²) in [5.41, 5.74) is 9.42. The molecule has 148 valence electrons. The molecule has 4 rings (SSSR count). The Labute approximate surface area is 175 Å². The van der Waals surface area contributed by atoms with Crippen molar-refractivity contribution in [1.82, 2.24) is 10.2 Å². The Hall–Kier alpha value is -1.95. The van der Waals surface area contributed by atoms with Crippen LogP contribution in [0.4, 0.5) is 5.69 Å². The molecule has 0 bridgehead atoms. The van der Waals surface area contributed by atoms with E-state index in [1.54, 1.807) is 0 Å². The van der Waals surface area contributed by atoms with E-state index in [0.717, 1.165) is 32.6 Å². The fraction of sp³-hybridized carbons (Fsp3) is 0.381. The summed E-state index contributed by atoms with van der Waals surface area (Å²) in [6.07, 6.45) is 1.14. The molecule has 0 radical (unpaired) electrons. The van der Waals surface area contributed by atoms with Crippen LogP contribution >= 0.6 is 23.2 Å². The minimum Gasteiger partial charge on any atom is -0.370 e. The number of piperidine rings is 1. The first-order valence-corrected chi connectivity index (χ1v) is 10.4. The van der Waals surface area contributed by atoms with Gasteiger partial charge in [-0.2, -0.15) is 0 Å². The number of guanidine groups is 1. The van der Waals surface area contributed by atoms with Gasteiger partial charge in [0.2, 0.25) is 0 Å². The third kappa shape index (κ3) is 3.93. The van der Waals surface area contributed by atoms with E-state index in [1.165, 1.54) is 16.8 Å². The monoisotopic (exact) mass is 417 g/mol. The van der Waals surface area contributed by atoms with Crippen LogP contribution in [0.2, 0.25) is 10.0 Å². The third-order valence-electron chi connectivity index (χ3n) is 5.77. The fourth-order valence-corrected chi connectivity index (χ4v) is 4.87. The summed E-state index contributed by atoms with van der Waals surface area (Å²) < 4.78 is 0. The van der Waals surface area contributed by atoms with Crippen molar-refractivity contribution in [2.75, 3.05) is 31.1 Å². The summed E-state index contributed by atoms with van der Waals surface area (Å²) in [6, 6.07) is 15.0. The second kappa shape index (κ2) is 8.19. The molecule has 2 aromatic carbocycles. The van der Waals surface area contributed by atoms with Crippen LogP contribution in [0.1, 0.15) is 23.5 Å². The lowest BCUT2D eigenvalue weighted by Crippen LogP contribution is -2.50. The van der Waals surface area contributed by atoms with Crippen LogP contribution in [0.3, 0.4) is 0 Å². The first-order chi connectivity index (χ1) is 13.5. The van der Waals surface area contributed by atoms with Crippen LogP contribution in [-0.4, -0.2) is 43.1 Å². The van der Waals surface area contributed by atoms with Gasteiger partial charge in [0.1, 0.15) is 0 Å². The lowest BCUT2D eigenvalue weighted by Gasteiger charge is -2.39. The van der Waals surface area contributed by atoms with Gasteiger partial charge in [0.05, 0.1) is 10.0 Å². The number of hydrogen-bond acceptors (Lipinski definition) is 3. The smallest absolute Gasteiger partial charge is 0.185 e. The number of fused-ring (bicyclic) bond motifs is 3. The van der Waals surface area contributed by atoms with Gasteiger partial charge in [-0.15, -0.1) is 0 Å². The first-order valence-electron chi connectivity index (χ1n) is 9.62. The lowest BCUT2D eigenvalue weighted by atomic mass is 9.88. The van der Waals surface area contributed by atoms with Crippen LogP contribution in [0, 0.1) is 5.41 Å². The van der Waals surface area contributed by atoms with Gasteiger partial charge >= 0.3 is 0 Å². The molecule has 2 aliphatic heterocycles. The predicted molar refractivity (Wildman–Crippen MR) is 117 cm³/mol. The maximum atomic E-state index is 7.40. The van der Waals surface area contributed by atoms with E-state index < -0.39 is 0 Å². The molecule has 4 N–H and O–H groups in total. The van der Waals surface area contributed by atoms with Gasteiger partial charge in [-0.3, -0.25) is 10.3 Å². The molecule has 0 aliphatic carbocycles. The normalized spacial score (nSPS) is 21.3. The van der Waals surface area contributed by atoms with Gasteiger partial charge in [-0.25, -0.2) is 0 Å². The highest BCUT2D eigenvalue weighted by atomic mass is 35.5. The Kier molecular flexibility index (Phi) is 5.67. The largest absolute Gasteiger partial charge is 0.370 e. The molecule has 28 heavy (non-hydrogen) atoms. The Morgan fingerprint density at radius 1 is 1.18 bits per heavy atom. The second-order valence-corrected chi connectivity index (χ2v) is 8.35. The van der Waals surface area contributed by atoms with Crippen molar-refractivity contribution in [2.24, 2.45) is 5.73 Å². The zero-order valence-electron chi connectivity index (χ0n) is 15.7. The lowest BCUT2D eigenvalue weighted by molar-refractivity contribution is 0.185. The predicted octanol–water partition coefficient (Wildman–Crippen LogP) is 3.65. The number of benzene rings is 2. The molecule has 1 fully saturated rings. The third-order valence-corrected chi connectivity index (χ3v) is 6.51. The van der Waals surface area contributed by atoms with Gasteiger partial charge < -0.3 is 16.0 Å². The number of anilines is 1. The summed E-state index contributed by atoms with van der Waals surface area (Å²) in [4.78, 5) is 4.98. The van der Waals surface area contributed by atoms with Crippen molar-refractivity contribution in [1.29, 1.82) is 5.41 Å². The molecule has 2 aliphatic rings. The molecule has 0 amide bonds. The minimum atomic E-state index is 0.0221. The Bertz CT molecular complexity index is 872. The number of hydrogen-bond donors (Lipinski definition) is 3. The fourth-order valence-electron chi connectivity index (χ4n) is 4.55. The van der Waals surface area contributed by atoms with Crippen LogP contribution in [0.15, 0.2) is 42.5 Å². The molecule has 2 heterocycles. The molecule has 0 spiro atoms. The number of rotatable bonds is 5. The number of nitrogens with one attached hydrogen (secondary N) is 2. The van der Waals surface area contributed by atoms with Gasteiger partial charge in [-0.05, 0) is 42.3 Å². The molecular weight excluding hydrogens is 393 g/mol. The van der Waals surface area contributed by atoms with Crippen molar-refractivity contribution < 1.29 is 0 Å². The van der Waals surface area contributed by atoms with Gasteiger partial charge in [0, 0.05) is 43.8 Å². The quantitative estimate of drug-likeness (QED) is 0.512. The molecule has 7 heteroatoms. The van der Waals surface area contributed by atoms with Crippen molar-refractivity contribution in [3.8, 4) is 0 Å². The molecule has 2 aromatic rings. The standard InChI is InChI=1S/C21H25Cl2N5/c22-17-6-5-14(11-18(17)23)12-27-9-7-16-15-3-1-2-4-19(15)28(20(16)13-27)10-8-26-21(24)25/h1-6,11,16,20H,7-10,12-13H2,(H4,24,25,26). The number of para-hydroxylation sites is 1. The highest BCUT2D eigenvalue weighted by Gasteiger charge is 2.41. The Balaban J connectivity index is 1.50. The average molecular weight is 418 g/mol. The van der Waals surface area contributed by atoms with Crippen LogP contribution in [-0.2, 0) is 6.54 Å². The molecule has 5 nitrogen and oxygen atoms in total. The zero-order chi connectivity index (χ0) is 19.7. The highest BCUT2D eigenvalue weighted by molar-refractivity contribution is 6.42. The number of nitrogens with two attached hydrogens (primary N) is 1. The van der Waals surface area contributed by atoms with Crippen molar-refractivity contribution >= 4 is 34.8 Å². The Morgan fingerprint density at radius 3 is 2.79 bits per heavy atom. The van der Waals surface area contributed by atoms with Crippen molar-refractivity contribution in [3.05, 3.63) is 63.6 Å². The van der Waals surface area contributed by atoms with Gasteiger partial charge in [0.15, 0.2) is 5.96 Å². The van der Waals surface area contributed by atoms with Gasteiger partial charge in [-0.1, -0.05) is 47.5 Å². The summed E-state index contributed by atoms with van der Waals surface area (Å²) in [7, 11) is 0. The molecular formula is C21H25Cl2N5. The first kappa shape index (κ1) is 19.4. The summed E-state index contributed by atoms with van der Waals surface area (Å²) in [5.74, 6) is 0.576. The van der Waals surface area contributed by atoms with Crippen LogP contribution < -0.4 is 16.0 Å². The highest BCUT2D eigenvalue weighted by Crippen LogP contribution is 2.44. The second-order valence-electron chi connectivity index (χ2n) is 7.54. The van der Waals surface area contributed by atoms with E-state index in [0.29, 0.717) is 28.5 Å². The van der Waals surface area contributed by atoms with E-state index in [1.807, 2.05) is 12.1 Å². The summed E-state index contributed by atoms with van der Waals surface area (Å²) in [5, 5.41) is 11.6. The molecule has 1 saturated heterocycles. The van der Waals surface area contributed by atoms with E-state index in [2.05, 4.69) is 45.4 Å². The molecule has 0 aromatic heterocycles.